The maximum Gasteiger partial charge on any atom is 0.359 e. The van der Waals surface area contributed by atoms with Gasteiger partial charge in [0.25, 0.3) is 0 Å². The maximum atomic E-state index is 12.2. The number of ether oxygens (including phenoxy) is 1. The summed E-state index contributed by atoms with van der Waals surface area (Å²) in [7, 11) is 1.80. The molecule has 1 aliphatic carbocycles. The number of benzene rings is 1. The molecule has 0 atom stereocenters. The first-order valence-corrected chi connectivity index (χ1v) is 8.72. The molecular weight excluding hydrogens is 346 g/mol. The molecule has 0 radical (unpaired) electrons. The summed E-state index contributed by atoms with van der Waals surface area (Å²) >= 11 is 0. The van der Waals surface area contributed by atoms with Crippen molar-refractivity contribution >= 4 is 17.6 Å². The largest absolute Gasteiger partial charge is 0.508 e. The average Bonchev–Trinajstić information content (AvgIpc) is 3.01. The van der Waals surface area contributed by atoms with E-state index in [1.165, 1.54) is 0 Å². The molecule has 1 aromatic carbocycles. The number of carbonyl (C=O) groups excluding carboxylic acids is 1. The van der Waals surface area contributed by atoms with E-state index in [4.69, 9.17) is 4.74 Å². The molecule has 0 aliphatic heterocycles. The molecule has 2 heterocycles. The summed E-state index contributed by atoms with van der Waals surface area (Å²) in [6.45, 7) is 2.08. The molecule has 1 aliphatic rings. The van der Waals surface area contributed by atoms with E-state index in [2.05, 4.69) is 20.4 Å². The number of rotatable bonds is 4. The summed E-state index contributed by atoms with van der Waals surface area (Å²) in [5.74, 6) is 0.221. The Bertz CT molecular complexity index is 1010. The van der Waals surface area contributed by atoms with Gasteiger partial charge in [0.2, 0.25) is 5.95 Å². The number of esters is 1. The van der Waals surface area contributed by atoms with Gasteiger partial charge in [-0.15, -0.1) is 0 Å². The Balaban J connectivity index is 1.72. The number of fused-ring (bicyclic) bond motifs is 3. The van der Waals surface area contributed by atoms with Crippen molar-refractivity contribution < 1.29 is 14.6 Å². The predicted octanol–water partition coefficient (Wildman–Crippen LogP) is 2.60. The van der Waals surface area contributed by atoms with E-state index in [0.29, 0.717) is 24.7 Å². The minimum atomic E-state index is -0.408. The molecule has 2 N–H and O–H groups in total. The first kappa shape index (κ1) is 17.0. The highest BCUT2D eigenvalue weighted by molar-refractivity contribution is 5.91. The number of hydrogen-bond acceptors (Lipinski definition) is 7. The summed E-state index contributed by atoms with van der Waals surface area (Å²) < 4.78 is 6.80. The molecule has 0 amide bonds. The molecule has 0 bridgehead atoms. The van der Waals surface area contributed by atoms with E-state index in [9.17, 15) is 9.90 Å². The molecule has 0 unspecified atom stereocenters. The fourth-order valence-electron chi connectivity index (χ4n) is 3.25. The molecule has 8 heteroatoms. The lowest BCUT2D eigenvalue weighted by Gasteiger charge is -2.17. The summed E-state index contributed by atoms with van der Waals surface area (Å²) in [6.07, 6.45) is 3.23. The second-order valence-electron chi connectivity index (χ2n) is 6.26. The van der Waals surface area contributed by atoms with Crippen LogP contribution in [0.15, 0.2) is 30.5 Å². The van der Waals surface area contributed by atoms with E-state index >= 15 is 0 Å². The van der Waals surface area contributed by atoms with Gasteiger partial charge in [-0.25, -0.2) is 14.8 Å². The first-order valence-electron chi connectivity index (χ1n) is 8.72. The highest BCUT2D eigenvalue weighted by Crippen LogP contribution is 2.34. The summed E-state index contributed by atoms with van der Waals surface area (Å²) in [4.78, 5) is 21.2. The van der Waals surface area contributed by atoms with Gasteiger partial charge in [-0.3, -0.25) is 4.68 Å². The maximum absolute atomic E-state index is 12.2. The third-order valence-corrected chi connectivity index (χ3v) is 4.47. The molecule has 4 rings (SSSR count). The summed E-state index contributed by atoms with van der Waals surface area (Å²) in [6, 6.07) is 6.66. The van der Waals surface area contributed by atoms with E-state index in [-0.39, 0.29) is 5.75 Å². The molecule has 27 heavy (non-hydrogen) atoms. The molecule has 0 saturated heterocycles. The van der Waals surface area contributed by atoms with Crippen molar-refractivity contribution in [3.05, 3.63) is 47.3 Å². The molecular formula is C19H19N5O3. The van der Waals surface area contributed by atoms with Gasteiger partial charge in [-0.1, -0.05) is 0 Å². The zero-order valence-corrected chi connectivity index (χ0v) is 15.1. The first-order chi connectivity index (χ1) is 13.1. The van der Waals surface area contributed by atoms with Crippen molar-refractivity contribution in [2.45, 2.75) is 19.8 Å². The van der Waals surface area contributed by atoms with Gasteiger partial charge >= 0.3 is 5.97 Å². The quantitative estimate of drug-likeness (QED) is 0.541. The minimum Gasteiger partial charge on any atom is -0.508 e. The normalized spacial score (nSPS) is 12.2. The third-order valence-electron chi connectivity index (χ3n) is 4.47. The van der Waals surface area contributed by atoms with Gasteiger partial charge < -0.3 is 15.2 Å². The molecule has 0 spiro atoms. The van der Waals surface area contributed by atoms with Gasteiger partial charge in [0, 0.05) is 24.5 Å². The van der Waals surface area contributed by atoms with Gasteiger partial charge in [0.15, 0.2) is 5.69 Å². The Morgan fingerprint density at radius 1 is 1.30 bits per heavy atom. The minimum absolute atomic E-state index is 0.193. The van der Waals surface area contributed by atoms with Crippen LogP contribution in [0.2, 0.25) is 0 Å². The van der Waals surface area contributed by atoms with E-state index in [1.807, 2.05) is 0 Å². The number of hydrogen-bond donors (Lipinski definition) is 2. The fourth-order valence-corrected chi connectivity index (χ4v) is 3.25. The van der Waals surface area contributed by atoms with Crippen LogP contribution in [0, 0.1) is 0 Å². The molecule has 8 nitrogen and oxygen atoms in total. The lowest BCUT2D eigenvalue weighted by Crippen LogP contribution is -2.12. The van der Waals surface area contributed by atoms with Crippen molar-refractivity contribution in [1.29, 1.82) is 0 Å². The van der Waals surface area contributed by atoms with Crippen LogP contribution in [0.5, 0.6) is 5.75 Å². The zero-order valence-electron chi connectivity index (χ0n) is 15.1. The average molecular weight is 365 g/mol. The van der Waals surface area contributed by atoms with E-state index in [0.717, 1.165) is 34.6 Å². The van der Waals surface area contributed by atoms with Crippen LogP contribution in [0.4, 0.5) is 11.6 Å². The zero-order chi connectivity index (χ0) is 19.0. The van der Waals surface area contributed by atoms with Crippen LogP contribution >= 0.6 is 0 Å². The van der Waals surface area contributed by atoms with Crippen LogP contribution in [-0.4, -0.2) is 37.4 Å². The van der Waals surface area contributed by atoms with Gasteiger partial charge in [-0.05, 0) is 49.6 Å². The smallest absolute Gasteiger partial charge is 0.359 e. The van der Waals surface area contributed by atoms with Crippen LogP contribution in [0.25, 0.3) is 11.4 Å². The Kier molecular flexibility index (Phi) is 4.23. The van der Waals surface area contributed by atoms with E-state index < -0.39 is 5.97 Å². The number of phenolic OH excluding ortho intramolecular Hbond substituents is 1. The SMILES string of the molecule is CCOC(=O)c1nn(C)c2c1CCc1cnc(Nc3ccc(O)cc3)nc1-2. The molecule has 2 aromatic heterocycles. The lowest BCUT2D eigenvalue weighted by atomic mass is 9.93. The molecule has 138 valence electrons. The number of phenols is 1. The third kappa shape index (κ3) is 3.10. The van der Waals surface area contributed by atoms with Crippen molar-refractivity contribution in [2.75, 3.05) is 11.9 Å². The molecule has 0 fully saturated rings. The predicted molar refractivity (Wildman–Crippen MR) is 99.0 cm³/mol. The number of carbonyl (C=O) groups is 1. The Morgan fingerprint density at radius 2 is 2.07 bits per heavy atom. The Morgan fingerprint density at radius 3 is 2.81 bits per heavy atom. The number of aromatic nitrogens is 4. The Hall–Kier alpha value is -3.42. The standard InChI is InChI=1S/C19H19N5O3/c1-3-27-18(26)16-14-9-4-11-10-20-19(21-12-5-7-13(25)8-6-12)22-15(11)17(14)24(2)23-16/h5-8,10,25H,3-4,9H2,1-2H3,(H,20,21,22). The highest BCUT2D eigenvalue weighted by Gasteiger charge is 2.29. The van der Waals surface area contributed by atoms with Crippen molar-refractivity contribution in [3.63, 3.8) is 0 Å². The van der Waals surface area contributed by atoms with Gasteiger partial charge in [0.05, 0.1) is 18.0 Å². The number of aryl methyl sites for hydroxylation is 2. The highest BCUT2D eigenvalue weighted by atomic mass is 16.5. The van der Waals surface area contributed by atoms with Crippen LogP contribution in [0.3, 0.4) is 0 Å². The number of nitrogens with zero attached hydrogens (tertiary/aromatic N) is 4. The fraction of sp³-hybridized carbons (Fsp3) is 0.263. The number of anilines is 2. The second-order valence-corrected chi connectivity index (χ2v) is 6.26. The summed E-state index contributed by atoms with van der Waals surface area (Å²) in [5, 5.41) is 16.9. The number of nitrogens with one attached hydrogen (secondary N) is 1. The summed E-state index contributed by atoms with van der Waals surface area (Å²) in [5.41, 5.74) is 4.57. The lowest BCUT2D eigenvalue weighted by molar-refractivity contribution is 0.0517. The van der Waals surface area contributed by atoms with Crippen LogP contribution in [0.1, 0.15) is 28.5 Å². The second kappa shape index (κ2) is 6.71. The van der Waals surface area contributed by atoms with Gasteiger partial charge in [-0.2, -0.15) is 5.10 Å². The van der Waals surface area contributed by atoms with Crippen molar-refractivity contribution in [1.82, 2.24) is 19.7 Å². The van der Waals surface area contributed by atoms with Crippen LogP contribution < -0.4 is 5.32 Å². The van der Waals surface area contributed by atoms with Crippen molar-refractivity contribution in [3.8, 4) is 17.1 Å². The topological polar surface area (TPSA) is 102 Å². The van der Waals surface area contributed by atoms with Crippen molar-refractivity contribution in [2.24, 2.45) is 7.05 Å². The Labute approximate surface area is 155 Å². The molecule has 0 saturated carbocycles. The van der Waals surface area contributed by atoms with Gasteiger partial charge in [0.1, 0.15) is 5.75 Å². The van der Waals surface area contributed by atoms with Crippen LogP contribution in [-0.2, 0) is 24.6 Å². The number of aromatic hydroxyl groups is 1. The molecule has 3 aromatic rings. The van der Waals surface area contributed by atoms with E-state index in [1.54, 1.807) is 49.1 Å². The monoisotopic (exact) mass is 365 g/mol.